The smallest absolute Gasteiger partial charge is 0.261 e. The summed E-state index contributed by atoms with van der Waals surface area (Å²) in [5.74, 6) is 3.11. The van der Waals surface area contributed by atoms with Crippen LogP contribution in [0.25, 0.3) is 0 Å². The van der Waals surface area contributed by atoms with Crippen molar-refractivity contribution >= 4 is 38.9 Å². The summed E-state index contributed by atoms with van der Waals surface area (Å²) in [6.45, 7) is 4.50. The zero-order valence-corrected chi connectivity index (χ0v) is 20.9. The van der Waals surface area contributed by atoms with Gasteiger partial charge >= 0.3 is 0 Å². The zero-order chi connectivity index (χ0) is 25.4. The Kier molecular flexibility index (Phi) is 7.96. The number of anilines is 5. The van der Waals surface area contributed by atoms with Crippen molar-refractivity contribution in [2.24, 2.45) is 0 Å². The fourth-order valence-electron chi connectivity index (χ4n) is 3.30. The topological polar surface area (TPSA) is 118 Å². The highest BCUT2D eigenvalue weighted by Gasteiger charge is 2.14. The molecule has 0 atom stereocenters. The van der Waals surface area contributed by atoms with Gasteiger partial charge in [0.05, 0.1) is 11.5 Å². The lowest BCUT2D eigenvalue weighted by Gasteiger charge is -2.12. The van der Waals surface area contributed by atoms with Crippen LogP contribution in [0.3, 0.4) is 0 Å². The van der Waals surface area contributed by atoms with Crippen molar-refractivity contribution in [3.63, 3.8) is 0 Å². The molecule has 186 valence electrons. The molecule has 0 amide bonds. The first-order valence-corrected chi connectivity index (χ1v) is 13.1. The molecular weight excluding hydrogens is 476 g/mol. The van der Waals surface area contributed by atoms with Crippen molar-refractivity contribution in [3.8, 4) is 5.75 Å². The highest BCUT2D eigenvalue weighted by atomic mass is 32.2. The summed E-state index contributed by atoms with van der Waals surface area (Å²) in [5, 5.41) is 6.37. The van der Waals surface area contributed by atoms with E-state index in [9.17, 15) is 8.42 Å². The Labute approximate surface area is 211 Å². The third kappa shape index (κ3) is 6.92. The van der Waals surface area contributed by atoms with Gasteiger partial charge in [-0.15, -0.1) is 0 Å². The molecule has 0 aliphatic heterocycles. The number of pyridine rings is 1. The van der Waals surface area contributed by atoms with Gasteiger partial charge in [-0.1, -0.05) is 19.4 Å². The summed E-state index contributed by atoms with van der Waals surface area (Å²) < 4.78 is 33.8. The van der Waals surface area contributed by atoms with Crippen LogP contribution >= 0.6 is 0 Å². The number of rotatable bonds is 11. The Balaban J connectivity index is 1.40. The van der Waals surface area contributed by atoms with Crippen LogP contribution < -0.4 is 20.1 Å². The summed E-state index contributed by atoms with van der Waals surface area (Å²) in [6.07, 6.45) is 3.68. The van der Waals surface area contributed by atoms with Crippen molar-refractivity contribution in [2.45, 2.75) is 31.6 Å². The molecule has 0 saturated carbocycles. The van der Waals surface area contributed by atoms with Gasteiger partial charge in [0.15, 0.2) is 0 Å². The Morgan fingerprint density at radius 3 is 2.19 bits per heavy atom. The van der Waals surface area contributed by atoms with Crippen LogP contribution in [0.4, 0.5) is 28.8 Å². The quantitative estimate of drug-likeness (QED) is 0.224. The van der Waals surface area contributed by atoms with Gasteiger partial charge in [0, 0.05) is 23.6 Å². The third-order valence-corrected chi connectivity index (χ3v) is 6.47. The summed E-state index contributed by atoms with van der Waals surface area (Å²) in [5.41, 5.74) is 1.19. The van der Waals surface area contributed by atoms with Crippen LogP contribution in [0.1, 0.15) is 25.6 Å². The van der Waals surface area contributed by atoms with Gasteiger partial charge in [0.1, 0.15) is 29.0 Å². The summed E-state index contributed by atoms with van der Waals surface area (Å²) in [6, 6.07) is 20.7. The second-order valence-electron chi connectivity index (χ2n) is 8.01. The van der Waals surface area contributed by atoms with Gasteiger partial charge < -0.3 is 15.4 Å². The van der Waals surface area contributed by atoms with E-state index in [4.69, 9.17) is 4.74 Å². The second-order valence-corrected chi connectivity index (χ2v) is 9.69. The number of nitrogens with zero attached hydrogens (tertiary/aromatic N) is 3. The Morgan fingerprint density at radius 2 is 1.53 bits per heavy atom. The lowest BCUT2D eigenvalue weighted by atomic mass is 10.3. The van der Waals surface area contributed by atoms with Crippen LogP contribution in [0.2, 0.25) is 0 Å². The number of nitrogens with one attached hydrogen (secondary N) is 3. The van der Waals surface area contributed by atoms with E-state index in [1.807, 2.05) is 18.2 Å². The summed E-state index contributed by atoms with van der Waals surface area (Å²) in [4.78, 5) is 13.2. The van der Waals surface area contributed by atoms with E-state index in [-0.39, 0.29) is 4.90 Å². The molecule has 4 rings (SSSR count). The van der Waals surface area contributed by atoms with Crippen LogP contribution in [0, 0.1) is 6.92 Å². The number of aromatic nitrogens is 3. The fourth-order valence-corrected chi connectivity index (χ4v) is 4.36. The minimum atomic E-state index is -3.73. The van der Waals surface area contributed by atoms with Crippen LogP contribution in [-0.2, 0) is 10.0 Å². The molecule has 0 bridgehead atoms. The van der Waals surface area contributed by atoms with E-state index in [0.29, 0.717) is 41.3 Å². The molecule has 0 aliphatic carbocycles. The van der Waals surface area contributed by atoms with Gasteiger partial charge in [-0.25, -0.2) is 23.4 Å². The molecule has 0 radical (unpaired) electrons. The molecule has 36 heavy (non-hydrogen) atoms. The number of ether oxygens (including phenoxy) is 1. The molecule has 0 unspecified atom stereocenters. The first-order valence-electron chi connectivity index (χ1n) is 11.6. The molecule has 0 fully saturated rings. The normalized spacial score (nSPS) is 11.1. The SMILES string of the molecule is CCCCOc1ccc(S(=O)(=O)Nc2ccc(Nc3cc(Nc4ccccn4)nc(C)n3)cc2)cc1. The molecule has 4 aromatic rings. The monoisotopic (exact) mass is 504 g/mol. The average molecular weight is 505 g/mol. The van der Waals surface area contributed by atoms with Gasteiger partial charge in [-0.05, 0) is 74.0 Å². The minimum Gasteiger partial charge on any atom is -0.494 e. The molecule has 2 aromatic heterocycles. The minimum absolute atomic E-state index is 0.164. The standard InChI is InChI=1S/C26H28N6O3S/c1-3-4-17-35-22-12-14-23(15-13-22)36(33,34)32-21-10-8-20(9-11-21)30-25-18-26(29-19(2)28-25)31-24-7-5-6-16-27-24/h5-16,18,32H,3-4,17H2,1-2H3,(H2,27,28,29,30,31). The lowest BCUT2D eigenvalue weighted by Crippen LogP contribution is -2.12. The molecule has 2 heterocycles. The van der Waals surface area contributed by atoms with E-state index in [1.165, 1.54) is 12.1 Å². The average Bonchev–Trinajstić information content (AvgIpc) is 2.86. The molecule has 10 heteroatoms. The number of aryl methyl sites for hydroxylation is 1. The Bertz CT molecular complexity index is 1380. The predicted octanol–water partition coefficient (Wildman–Crippen LogP) is 5.65. The first-order chi connectivity index (χ1) is 17.4. The number of hydrogen-bond donors (Lipinski definition) is 3. The molecule has 9 nitrogen and oxygen atoms in total. The Morgan fingerprint density at radius 1 is 0.833 bits per heavy atom. The van der Waals surface area contributed by atoms with E-state index >= 15 is 0 Å². The Hall–Kier alpha value is -4.18. The summed E-state index contributed by atoms with van der Waals surface area (Å²) in [7, 11) is -3.73. The van der Waals surface area contributed by atoms with E-state index in [1.54, 1.807) is 55.6 Å². The van der Waals surface area contributed by atoms with Gasteiger partial charge in [0.25, 0.3) is 10.0 Å². The zero-order valence-electron chi connectivity index (χ0n) is 20.1. The van der Waals surface area contributed by atoms with Crippen molar-refractivity contribution in [2.75, 3.05) is 22.0 Å². The number of hydrogen-bond acceptors (Lipinski definition) is 8. The largest absolute Gasteiger partial charge is 0.494 e. The molecule has 3 N–H and O–H groups in total. The molecule has 0 spiro atoms. The summed E-state index contributed by atoms with van der Waals surface area (Å²) >= 11 is 0. The maximum absolute atomic E-state index is 12.8. The maximum atomic E-state index is 12.8. The van der Waals surface area contributed by atoms with Gasteiger partial charge in [-0.2, -0.15) is 0 Å². The van der Waals surface area contributed by atoms with E-state index < -0.39 is 10.0 Å². The number of benzene rings is 2. The first kappa shape index (κ1) is 24.9. The molecule has 0 saturated heterocycles. The van der Waals surface area contributed by atoms with Crippen LogP contribution in [0.15, 0.2) is 83.9 Å². The van der Waals surface area contributed by atoms with Crippen LogP contribution in [-0.4, -0.2) is 30.0 Å². The fraction of sp³-hybridized carbons (Fsp3) is 0.192. The van der Waals surface area contributed by atoms with Crippen molar-refractivity contribution < 1.29 is 13.2 Å². The number of sulfonamides is 1. The van der Waals surface area contributed by atoms with Gasteiger partial charge in [-0.3, -0.25) is 4.72 Å². The van der Waals surface area contributed by atoms with E-state index in [2.05, 4.69) is 37.2 Å². The van der Waals surface area contributed by atoms with Crippen molar-refractivity contribution in [1.29, 1.82) is 0 Å². The van der Waals surface area contributed by atoms with E-state index in [0.717, 1.165) is 18.5 Å². The highest BCUT2D eigenvalue weighted by Crippen LogP contribution is 2.23. The maximum Gasteiger partial charge on any atom is 0.261 e. The third-order valence-electron chi connectivity index (χ3n) is 5.07. The highest BCUT2D eigenvalue weighted by molar-refractivity contribution is 7.92. The number of unbranched alkanes of at least 4 members (excludes halogenated alkanes) is 1. The second kappa shape index (κ2) is 11.5. The van der Waals surface area contributed by atoms with Crippen molar-refractivity contribution in [3.05, 3.63) is 84.8 Å². The predicted molar refractivity (Wildman–Crippen MR) is 142 cm³/mol. The van der Waals surface area contributed by atoms with Crippen molar-refractivity contribution in [1.82, 2.24) is 15.0 Å². The molecule has 2 aromatic carbocycles. The molecule has 0 aliphatic rings. The molecular formula is C26H28N6O3S. The van der Waals surface area contributed by atoms with Gasteiger partial charge in [0.2, 0.25) is 0 Å². The lowest BCUT2D eigenvalue weighted by molar-refractivity contribution is 0.309. The van der Waals surface area contributed by atoms with Crippen LogP contribution in [0.5, 0.6) is 5.75 Å².